The number of benzene rings is 1. The number of anilines is 1. The molecule has 2 aromatic heterocycles. The Balaban J connectivity index is 1.49. The van der Waals surface area contributed by atoms with Crippen molar-refractivity contribution < 1.29 is 9.53 Å². The van der Waals surface area contributed by atoms with Crippen molar-refractivity contribution >= 4 is 22.4 Å². The number of carbonyl (C=O) groups is 1. The van der Waals surface area contributed by atoms with E-state index in [0.29, 0.717) is 11.6 Å². The molecular formula is C16H17N7O2S. The third-order valence-corrected chi connectivity index (χ3v) is 5.07. The molecule has 1 amide bonds. The van der Waals surface area contributed by atoms with E-state index in [9.17, 15) is 4.79 Å². The Morgan fingerprint density at radius 2 is 2.23 bits per heavy atom. The summed E-state index contributed by atoms with van der Waals surface area (Å²) in [6.07, 6.45) is 3.84. The van der Waals surface area contributed by atoms with Crippen LogP contribution < -0.4 is 5.32 Å². The summed E-state index contributed by atoms with van der Waals surface area (Å²) in [5.74, 6) is -0.240. The van der Waals surface area contributed by atoms with Crippen LogP contribution in [-0.4, -0.2) is 42.9 Å². The summed E-state index contributed by atoms with van der Waals surface area (Å²) in [7, 11) is 0. The fourth-order valence-corrected chi connectivity index (χ4v) is 3.66. The number of nitrogens with zero attached hydrogens (tertiary/aromatic N) is 6. The lowest BCUT2D eigenvalue weighted by Crippen LogP contribution is -2.28. The Bertz CT molecular complexity index is 847. The predicted octanol–water partition coefficient (Wildman–Crippen LogP) is 1.80. The van der Waals surface area contributed by atoms with Gasteiger partial charge in [0.1, 0.15) is 23.5 Å². The minimum absolute atomic E-state index is 0.0159. The van der Waals surface area contributed by atoms with Crippen LogP contribution in [0.15, 0.2) is 36.7 Å². The van der Waals surface area contributed by atoms with Crippen LogP contribution in [0.3, 0.4) is 0 Å². The van der Waals surface area contributed by atoms with Crippen molar-refractivity contribution in [2.75, 3.05) is 11.9 Å². The summed E-state index contributed by atoms with van der Waals surface area (Å²) in [5, 5.41) is 23.4. The molecule has 3 aromatic rings. The number of rotatable bonds is 6. The minimum Gasteiger partial charge on any atom is -0.371 e. The first-order chi connectivity index (χ1) is 12.8. The number of amides is 1. The first kappa shape index (κ1) is 16.7. The number of hydrogen-bond donors (Lipinski definition) is 1. The van der Waals surface area contributed by atoms with Crippen molar-refractivity contribution in [3.8, 4) is 0 Å². The van der Waals surface area contributed by atoms with Gasteiger partial charge in [-0.15, -0.1) is 15.3 Å². The van der Waals surface area contributed by atoms with E-state index < -0.39 is 6.04 Å². The van der Waals surface area contributed by atoms with E-state index in [1.54, 1.807) is 0 Å². The lowest BCUT2D eigenvalue weighted by atomic mass is 10.1. The second kappa shape index (κ2) is 7.67. The molecule has 9 nitrogen and oxygen atoms in total. The molecule has 1 saturated heterocycles. The molecule has 134 valence electrons. The highest BCUT2D eigenvalue weighted by Crippen LogP contribution is 2.32. The smallest absolute Gasteiger partial charge is 0.251 e. The van der Waals surface area contributed by atoms with Gasteiger partial charge >= 0.3 is 0 Å². The highest BCUT2D eigenvalue weighted by atomic mass is 32.1. The van der Waals surface area contributed by atoms with Crippen LogP contribution in [0.4, 0.5) is 5.13 Å². The lowest BCUT2D eigenvalue weighted by Gasteiger charge is -2.15. The summed E-state index contributed by atoms with van der Waals surface area (Å²) < 4.78 is 7.06. The number of carbonyl (C=O) groups excluding carboxylic acids is 1. The van der Waals surface area contributed by atoms with Gasteiger partial charge in [-0.25, -0.2) is 4.68 Å². The van der Waals surface area contributed by atoms with E-state index >= 15 is 0 Å². The Morgan fingerprint density at radius 1 is 1.35 bits per heavy atom. The fourth-order valence-electron chi connectivity index (χ4n) is 2.83. The van der Waals surface area contributed by atoms with E-state index in [1.165, 1.54) is 22.3 Å². The molecular weight excluding hydrogens is 354 g/mol. The average Bonchev–Trinajstić information content (AvgIpc) is 3.41. The Hall–Kier alpha value is -2.72. The second-order valence-electron chi connectivity index (χ2n) is 5.93. The van der Waals surface area contributed by atoms with Gasteiger partial charge in [0.15, 0.2) is 0 Å². The number of tetrazole rings is 1. The number of nitrogens with one attached hydrogen (secondary N) is 1. The van der Waals surface area contributed by atoms with Gasteiger partial charge in [-0.2, -0.15) is 0 Å². The van der Waals surface area contributed by atoms with Crippen LogP contribution in [0.1, 0.15) is 35.6 Å². The molecule has 0 aliphatic carbocycles. The molecule has 0 spiro atoms. The third kappa shape index (κ3) is 3.75. The molecule has 1 N–H and O–H groups in total. The van der Waals surface area contributed by atoms with E-state index in [0.717, 1.165) is 30.0 Å². The molecule has 0 bridgehead atoms. The SMILES string of the molecule is O=C(Nc1nnc(C2CCCO2)s1)[C@@H](Cc1ccccc1)n1cnnn1. The third-order valence-electron chi connectivity index (χ3n) is 4.13. The molecule has 1 aromatic carbocycles. The largest absolute Gasteiger partial charge is 0.371 e. The zero-order valence-electron chi connectivity index (χ0n) is 13.9. The van der Waals surface area contributed by atoms with Gasteiger partial charge in [0, 0.05) is 13.0 Å². The molecule has 26 heavy (non-hydrogen) atoms. The van der Waals surface area contributed by atoms with Gasteiger partial charge in [0.05, 0.1) is 0 Å². The maximum absolute atomic E-state index is 12.8. The van der Waals surface area contributed by atoms with Gasteiger partial charge in [-0.05, 0) is 28.8 Å². The topological polar surface area (TPSA) is 108 Å². The average molecular weight is 371 g/mol. The predicted molar refractivity (Wildman–Crippen MR) is 93.5 cm³/mol. The molecule has 1 fully saturated rings. The molecule has 0 saturated carbocycles. The number of aromatic nitrogens is 6. The maximum atomic E-state index is 12.8. The van der Waals surface area contributed by atoms with Crippen molar-refractivity contribution in [2.24, 2.45) is 0 Å². The zero-order valence-corrected chi connectivity index (χ0v) is 14.7. The molecule has 0 radical (unpaired) electrons. The minimum atomic E-state index is -0.581. The molecule has 1 aliphatic rings. The first-order valence-electron chi connectivity index (χ1n) is 8.32. The molecule has 4 rings (SSSR count). The van der Waals surface area contributed by atoms with Gasteiger partial charge < -0.3 is 4.74 Å². The molecule has 10 heteroatoms. The quantitative estimate of drug-likeness (QED) is 0.704. The highest BCUT2D eigenvalue weighted by Gasteiger charge is 2.26. The number of hydrogen-bond acceptors (Lipinski definition) is 8. The van der Waals surface area contributed by atoms with Crippen molar-refractivity contribution in [3.05, 3.63) is 47.2 Å². The summed E-state index contributed by atoms with van der Waals surface area (Å²) in [6.45, 7) is 0.740. The van der Waals surface area contributed by atoms with Crippen LogP contribution in [0.2, 0.25) is 0 Å². The van der Waals surface area contributed by atoms with Gasteiger partial charge in [-0.3, -0.25) is 10.1 Å². The van der Waals surface area contributed by atoms with Crippen LogP contribution >= 0.6 is 11.3 Å². The van der Waals surface area contributed by atoms with Crippen LogP contribution in [-0.2, 0) is 16.0 Å². The van der Waals surface area contributed by atoms with E-state index in [4.69, 9.17) is 4.74 Å². The van der Waals surface area contributed by atoms with Crippen molar-refractivity contribution in [2.45, 2.75) is 31.4 Å². The standard InChI is InChI=1S/C16H17N7O2S/c24-14(18-16-20-19-15(26-16)13-7-4-8-25-13)12(23-10-17-21-22-23)9-11-5-2-1-3-6-11/h1-3,5-6,10,12-13H,4,7-9H2,(H,18,20,24)/t12-,13?/m1/s1. The molecule has 1 aliphatic heterocycles. The second-order valence-corrected chi connectivity index (χ2v) is 6.94. The lowest BCUT2D eigenvalue weighted by molar-refractivity contribution is -0.119. The van der Waals surface area contributed by atoms with Crippen LogP contribution in [0.5, 0.6) is 0 Å². The fraction of sp³-hybridized carbons (Fsp3) is 0.375. The molecule has 2 atom stereocenters. The summed E-state index contributed by atoms with van der Waals surface area (Å²) in [4.78, 5) is 12.8. The van der Waals surface area contributed by atoms with E-state index in [1.807, 2.05) is 30.3 Å². The van der Waals surface area contributed by atoms with Crippen molar-refractivity contribution in [1.29, 1.82) is 0 Å². The number of ether oxygens (including phenoxy) is 1. The Morgan fingerprint density at radius 3 is 2.96 bits per heavy atom. The van der Waals surface area contributed by atoms with Crippen molar-refractivity contribution in [3.63, 3.8) is 0 Å². The monoisotopic (exact) mass is 371 g/mol. The Labute approximate surface area is 153 Å². The van der Waals surface area contributed by atoms with Crippen LogP contribution in [0.25, 0.3) is 0 Å². The normalized spacial score (nSPS) is 17.9. The zero-order chi connectivity index (χ0) is 17.8. The maximum Gasteiger partial charge on any atom is 0.251 e. The van der Waals surface area contributed by atoms with Gasteiger partial charge in [-0.1, -0.05) is 41.7 Å². The summed E-state index contributed by atoms with van der Waals surface area (Å²) in [6, 6.07) is 9.15. The first-order valence-corrected chi connectivity index (χ1v) is 9.13. The van der Waals surface area contributed by atoms with E-state index in [2.05, 4.69) is 31.0 Å². The van der Waals surface area contributed by atoms with Crippen LogP contribution in [0, 0.1) is 0 Å². The molecule has 1 unspecified atom stereocenters. The van der Waals surface area contributed by atoms with Crippen molar-refractivity contribution in [1.82, 2.24) is 30.4 Å². The highest BCUT2D eigenvalue weighted by molar-refractivity contribution is 7.15. The summed E-state index contributed by atoms with van der Waals surface area (Å²) >= 11 is 1.34. The summed E-state index contributed by atoms with van der Waals surface area (Å²) in [5.41, 5.74) is 1.01. The Kier molecular flexibility index (Phi) is 4.93. The van der Waals surface area contributed by atoms with Gasteiger partial charge in [0.25, 0.3) is 5.91 Å². The molecule has 3 heterocycles. The van der Waals surface area contributed by atoms with Gasteiger partial charge in [0.2, 0.25) is 5.13 Å². The van der Waals surface area contributed by atoms with E-state index in [-0.39, 0.29) is 12.0 Å².